The second-order valence-corrected chi connectivity index (χ2v) is 9.62. The Morgan fingerprint density at radius 3 is 2.57 bits per heavy atom. The molecule has 6 nitrogen and oxygen atoms in total. The molecule has 0 saturated heterocycles. The van der Waals surface area contributed by atoms with Crippen LogP contribution < -0.4 is 0 Å². The zero-order chi connectivity index (χ0) is 24.9. The highest BCUT2D eigenvalue weighted by atomic mass is 19.3. The first-order chi connectivity index (χ1) is 16.6. The topological polar surface area (TPSA) is 81.2 Å². The molecule has 0 radical (unpaired) electrons. The Balaban J connectivity index is 1.63. The van der Waals surface area contributed by atoms with E-state index in [0.29, 0.717) is 30.7 Å². The average Bonchev–Trinajstić information content (AvgIpc) is 3.34. The largest absolute Gasteiger partial charge is 0.478 e. The van der Waals surface area contributed by atoms with Crippen LogP contribution in [0.2, 0.25) is 0 Å². The molecule has 182 valence electrons. The van der Waals surface area contributed by atoms with Gasteiger partial charge in [-0.3, -0.25) is 4.98 Å². The van der Waals surface area contributed by atoms with Crippen LogP contribution >= 0.6 is 0 Å². The number of aryl methyl sites for hydroxylation is 3. The molecule has 1 N–H and O–H groups in total. The summed E-state index contributed by atoms with van der Waals surface area (Å²) in [5, 5.41) is 13.7. The van der Waals surface area contributed by atoms with Crippen molar-refractivity contribution in [1.82, 2.24) is 14.7 Å². The first-order valence-electron chi connectivity index (χ1n) is 11.8. The second kappa shape index (κ2) is 8.59. The molecule has 0 bridgehead atoms. The number of halogens is 2. The number of carbonyl (C=O) groups is 1. The number of hydrogen-bond donors (Lipinski definition) is 1. The molecule has 1 aromatic carbocycles. The van der Waals surface area contributed by atoms with Crippen LogP contribution in [-0.2, 0) is 6.54 Å². The second-order valence-electron chi connectivity index (χ2n) is 9.62. The molecule has 0 aliphatic heterocycles. The molecule has 1 fully saturated rings. The lowest BCUT2D eigenvalue weighted by atomic mass is 9.87. The van der Waals surface area contributed by atoms with E-state index in [4.69, 9.17) is 9.51 Å². The van der Waals surface area contributed by atoms with E-state index in [1.54, 1.807) is 25.3 Å². The van der Waals surface area contributed by atoms with Crippen molar-refractivity contribution in [2.24, 2.45) is 5.92 Å². The summed E-state index contributed by atoms with van der Waals surface area (Å²) >= 11 is 0. The molecule has 35 heavy (non-hydrogen) atoms. The number of pyridine rings is 1. The van der Waals surface area contributed by atoms with Crippen LogP contribution in [0.3, 0.4) is 0 Å². The number of hydrogen-bond acceptors (Lipinski definition) is 4. The van der Waals surface area contributed by atoms with Gasteiger partial charge in [-0.1, -0.05) is 17.3 Å². The summed E-state index contributed by atoms with van der Waals surface area (Å²) in [7, 11) is 0. The van der Waals surface area contributed by atoms with E-state index in [9.17, 15) is 18.7 Å². The minimum Gasteiger partial charge on any atom is -0.478 e. The molecule has 0 amide bonds. The molecule has 5 rings (SSSR count). The number of alkyl halides is 2. The molecule has 0 atom stereocenters. The molecule has 1 aliphatic carbocycles. The van der Waals surface area contributed by atoms with Crippen molar-refractivity contribution in [3.8, 4) is 22.3 Å². The predicted octanol–water partition coefficient (Wildman–Crippen LogP) is 6.81. The number of aromatic nitrogens is 3. The van der Waals surface area contributed by atoms with Crippen molar-refractivity contribution in [2.75, 3.05) is 0 Å². The van der Waals surface area contributed by atoms with Gasteiger partial charge in [0, 0.05) is 48.5 Å². The SMILES string of the molecule is Cc1ccc(-c2cn(CC3CCC(F)(F)CC3)c3cc(-c4c(C)noc4C)cnc23)cc1C(=O)O. The third kappa shape index (κ3) is 4.33. The first-order valence-corrected chi connectivity index (χ1v) is 11.8. The summed E-state index contributed by atoms with van der Waals surface area (Å²) < 4.78 is 34.9. The monoisotopic (exact) mass is 479 g/mol. The molecule has 0 spiro atoms. The fourth-order valence-electron chi connectivity index (χ4n) is 5.14. The zero-order valence-electron chi connectivity index (χ0n) is 19.9. The van der Waals surface area contributed by atoms with Crippen LogP contribution in [0.1, 0.15) is 53.1 Å². The third-order valence-corrected chi connectivity index (χ3v) is 7.11. The molecular formula is C27H27F2N3O3. The lowest BCUT2D eigenvalue weighted by Gasteiger charge is -2.28. The zero-order valence-corrected chi connectivity index (χ0v) is 19.9. The van der Waals surface area contributed by atoms with Crippen LogP contribution in [0.5, 0.6) is 0 Å². The summed E-state index contributed by atoms with van der Waals surface area (Å²) in [5.74, 6) is -2.73. The summed E-state index contributed by atoms with van der Waals surface area (Å²) in [6, 6.07) is 7.39. The number of fused-ring (bicyclic) bond motifs is 1. The quantitative estimate of drug-likeness (QED) is 0.340. The van der Waals surface area contributed by atoms with Crippen LogP contribution in [0.15, 0.2) is 41.2 Å². The van der Waals surface area contributed by atoms with Crippen molar-refractivity contribution < 1.29 is 23.2 Å². The first kappa shape index (κ1) is 23.2. The van der Waals surface area contributed by atoms with Crippen LogP contribution in [-0.4, -0.2) is 31.7 Å². The van der Waals surface area contributed by atoms with Crippen LogP contribution in [0, 0.1) is 26.7 Å². The smallest absolute Gasteiger partial charge is 0.335 e. The standard InChI is InChI=1S/C27H27F2N3O3/c1-15-4-5-19(10-21(15)26(33)34)22-14-32(13-18-6-8-27(28,29)9-7-18)23-11-20(12-30-25(22)23)24-16(2)31-35-17(24)3/h4-5,10-12,14,18H,6-9,13H2,1-3H3,(H,33,34). The maximum absolute atomic E-state index is 13.7. The highest BCUT2D eigenvalue weighted by molar-refractivity contribution is 5.97. The van der Waals surface area contributed by atoms with E-state index in [2.05, 4.69) is 9.72 Å². The van der Waals surface area contributed by atoms with Gasteiger partial charge in [0.2, 0.25) is 5.92 Å². The Bertz CT molecular complexity index is 1410. The van der Waals surface area contributed by atoms with E-state index in [0.717, 1.165) is 39.0 Å². The maximum atomic E-state index is 13.7. The van der Waals surface area contributed by atoms with Crippen LogP contribution in [0.4, 0.5) is 8.78 Å². The molecular weight excluding hydrogens is 452 g/mol. The van der Waals surface area contributed by atoms with Crippen LogP contribution in [0.25, 0.3) is 33.3 Å². The molecule has 8 heteroatoms. The van der Waals surface area contributed by atoms with Crippen molar-refractivity contribution >= 4 is 17.0 Å². The number of rotatable bonds is 5. The van der Waals surface area contributed by atoms with Gasteiger partial charge >= 0.3 is 5.97 Å². The fraction of sp³-hybridized carbons (Fsp3) is 0.370. The van der Waals surface area contributed by atoms with Gasteiger partial charge in [0.1, 0.15) is 5.76 Å². The molecule has 3 heterocycles. The highest BCUT2D eigenvalue weighted by Gasteiger charge is 2.35. The maximum Gasteiger partial charge on any atom is 0.335 e. The number of carboxylic acids is 1. The Morgan fingerprint density at radius 2 is 1.91 bits per heavy atom. The van der Waals surface area contributed by atoms with E-state index in [-0.39, 0.29) is 24.3 Å². The highest BCUT2D eigenvalue weighted by Crippen LogP contribution is 2.39. The van der Waals surface area contributed by atoms with E-state index >= 15 is 0 Å². The minimum atomic E-state index is -2.58. The van der Waals surface area contributed by atoms with Gasteiger partial charge in [-0.15, -0.1) is 0 Å². The van der Waals surface area contributed by atoms with E-state index < -0.39 is 11.9 Å². The summed E-state index contributed by atoms with van der Waals surface area (Å²) in [6.45, 7) is 6.09. The Hall–Kier alpha value is -3.55. The van der Waals surface area contributed by atoms with Gasteiger partial charge in [0.05, 0.1) is 22.3 Å². The number of benzene rings is 1. The van der Waals surface area contributed by atoms with E-state index in [1.807, 2.05) is 32.2 Å². The average molecular weight is 480 g/mol. The predicted molar refractivity (Wildman–Crippen MR) is 129 cm³/mol. The van der Waals surface area contributed by atoms with Crippen molar-refractivity contribution in [2.45, 2.75) is 58.9 Å². The van der Waals surface area contributed by atoms with Gasteiger partial charge in [-0.05, 0) is 62.8 Å². The van der Waals surface area contributed by atoms with Gasteiger partial charge in [0.25, 0.3) is 0 Å². The molecule has 1 aliphatic rings. The summed E-state index contributed by atoms with van der Waals surface area (Å²) in [6.07, 6.45) is 4.49. The lowest BCUT2D eigenvalue weighted by Crippen LogP contribution is -2.26. The van der Waals surface area contributed by atoms with Crippen molar-refractivity contribution in [3.05, 3.63) is 59.2 Å². The fourth-order valence-corrected chi connectivity index (χ4v) is 5.14. The number of carboxylic acid groups (broad SMARTS) is 1. The molecule has 3 aromatic heterocycles. The number of nitrogens with zero attached hydrogens (tertiary/aromatic N) is 3. The minimum absolute atomic E-state index is 0.0910. The molecule has 0 unspecified atom stereocenters. The third-order valence-electron chi connectivity index (χ3n) is 7.11. The molecule has 4 aromatic rings. The van der Waals surface area contributed by atoms with Gasteiger partial charge in [-0.2, -0.15) is 0 Å². The Morgan fingerprint density at radius 1 is 1.17 bits per heavy atom. The Kier molecular flexibility index (Phi) is 5.69. The lowest BCUT2D eigenvalue weighted by molar-refractivity contribution is -0.0472. The van der Waals surface area contributed by atoms with Gasteiger partial charge < -0.3 is 14.2 Å². The summed E-state index contributed by atoms with van der Waals surface area (Å²) in [4.78, 5) is 16.5. The van der Waals surface area contributed by atoms with Gasteiger partial charge in [-0.25, -0.2) is 13.6 Å². The Labute approximate surface area is 201 Å². The normalized spacial score (nSPS) is 16.1. The summed E-state index contributed by atoms with van der Waals surface area (Å²) in [5.41, 5.74) is 6.61. The number of aromatic carboxylic acids is 1. The van der Waals surface area contributed by atoms with Crippen molar-refractivity contribution in [1.29, 1.82) is 0 Å². The van der Waals surface area contributed by atoms with Crippen molar-refractivity contribution in [3.63, 3.8) is 0 Å². The van der Waals surface area contributed by atoms with E-state index in [1.165, 1.54) is 0 Å². The molecule has 1 saturated carbocycles. The van der Waals surface area contributed by atoms with Gasteiger partial charge in [0.15, 0.2) is 0 Å².